The van der Waals surface area contributed by atoms with Gasteiger partial charge in [0.1, 0.15) is 11.2 Å². The van der Waals surface area contributed by atoms with Gasteiger partial charge in [0, 0.05) is 15.9 Å². The Kier molecular flexibility index (Phi) is 5.02. The standard InChI is InChI=1S/C10H8BrCl2FO2/c1-16-10(15)9(13)4-6-7(11)2-5(14)3-8(6)12/h2-3,9H,4H2,1H3. The van der Waals surface area contributed by atoms with E-state index in [0.29, 0.717) is 10.0 Å². The molecule has 0 saturated heterocycles. The summed E-state index contributed by atoms with van der Waals surface area (Å²) in [7, 11) is 1.25. The summed E-state index contributed by atoms with van der Waals surface area (Å²) in [5.74, 6) is -1.00. The molecule has 1 unspecified atom stereocenters. The van der Waals surface area contributed by atoms with Crippen molar-refractivity contribution in [3.05, 3.63) is 33.0 Å². The minimum Gasteiger partial charge on any atom is -0.468 e. The van der Waals surface area contributed by atoms with Crippen LogP contribution < -0.4 is 0 Å². The zero-order valence-corrected chi connectivity index (χ0v) is 11.4. The van der Waals surface area contributed by atoms with Gasteiger partial charge in [0.2, 0.25) is 0 Å². The maximum atomic E-state index is 12.9. The molecule has 1 atom stereocenters. The van der Waals surface area contributed by atoms with Crippen molar-refractivity contribution in [3.63, 3.8) is 0 Å². The molecule has 0 N–H and O–H groups in total. The van der Waals surface area contributed by atoms with Crippen molar-refractivity contribution >= 4 is 45.1 Å². The third-order valence-electron chi connectivity index (χ3n) is 1.95. The minimum absolute atomic E-state index is 0.175. The molecule has 1 aromatic rings. The molecule has 2 nitrogen and oxygen atoms in total. The van der Waals surface area contributed by atoms with Gasteiger partial charge in [-0.25, -0.2) is 4.39 Å². The zero-order valence-electron chi connectivity index (χ0n) is 8.27. The van der Waals surface area contributed by atoms with Gasteiger partial charge in [-0.2, -0.15) is 0 Å². The van der Waals surface area contributed by atoms with E-state index in [4.69, 9.17) is 23.2 Å². The van der Waals surface area contributed by atoms with E-state index < -0.39 is 17.2 Å². The van der Waals surface area contributed by atoms with Crippen LogP contribution in [0.15, 0.2) is 16.6 Å². The lowest BCUT2D eigenvalue weighted by molar-refractivity contribution is -0.140. The van der Waals surface area contributed by atoms with Crippen LogP contribution in [0.1, 0.15) is 5.56 Å². The Morgan fingerprint density at radius 2 is 2.25 bits per heavy atom. The van der Waals surface area contributed by atoms with E-state index in [1.165, 1.54) is 19.2 Å². The van der Waals surface area contributed by atoms with Gasteiger partial charge < -0.3 is 4.74 Å². The average Bonchev–Trinajstić information content (AvgIpc) is 2.21. The number of methoxy groups -OCH3 is 1. The normalized spacial score (nSPS) is 12.3. The van der Waals surface area contributed by atoms with Gasteiger partial charge in [0.25, 0.3) is 0 Å². The first kappa shape index (κ1) is 13.7. The highest BCUT2D eigenvalue weighted by Crippen LogP contribution is 2.28. The fourth-order valence-electron chi connectivity index (χ4n) is 1.16. The molecule has 0 radical (unpaired) electrons. The SMILES string of the molecule is COC(=O)C(Cl)Cc1c(Cl)cc(F)cc1Br. The summed E-state index contributed by atoms with van der Waals surface area (Å²) in [6, 6.07) is 2.44. The summed E-state index contributed by atoms with van der Waals surface area (Å²) < 4.78 is 17.9. The molecule has 88 valence electrons. The summed E-state index contributed by atoms with van der Waals surface area (Å²) in [6.45, 7) is 0. The van der Waals surface area contributed by atoms with E-state index in [1.807, 2.05) is 0 Å². The topological polar surface area (TPSA) is 26.3 Å². The molecule has 0 aliphatic rings. The van der Waals surface area contributed by atoms with E-state index in [9.17, 15) is 9.18 Å². The highest BCUT2D eigenvalue weighted by molar-refractivity contribution is 9.10. The lowest BCUT2D eigenvalue weighted by Crippen LogP contribution is -2.19. The highest BCUT2D eigenvalue weighted by atomic mass is 79.9. The first-order valence-corrected chi connectivity index (χ1v) is 5.91. The summed E-state index contributed by atoms with van der Waals surface area (Å²) >= 11 is 14.8. The minimum atomic E-state index is -0.843. The Balaban J connectivity index is 2.93. The second kappa shape index (κ2) is 5.84. The zero-order chi connectivity index (χ0) is 12.3. The Bertz CT molecular complexity index is 389. The van der Waals surface area contributed by atoms with Gasteiger partial charge in [0.15, 0.2) is 0 Å². The molecule has 0 fully saturated rings. The number of alkyl halides is 1. The van der Waals surface area contributed by atoms with Gasteiger partial charge in [-0.05, 0) is 17.7 Å². The number of hydrogen-bond donors (Lipinski definition) is 0. The molecule has 6 heteroatoms. The first-order valence-electron chi connectivity index (χ1n) is 4.31. The lowest BCUT2D eigenvalue weighted by Gasteiger charge is -2.10. The number of ether oxygens (including phenoxy) is 1. The number of carbonyl (C=O) groups is 1. The second-order valence-electron chi connectivity index (χ2n) is 3.04. The van der Waals surface area contributed by atoms with Gasteiger partial charge >= 0.3 is 5.97 Å². The van der Waals surface area contributed by atoms with E-state index in [2.05, 4.69) is 20.7 Å². The lowest BCUT2D eigenvalue weighted by atomic mass is 10.1. The Labute approximate surface area is 111 Å². The molecular formula is C10H8BrCl2FO2. The average molecular weight is 330 g/mol. The molecular weight excluding hydrogens is 322 g/mol. The third-order valence-corrected chi connectivity index (χ3v) is 3.32. The predicted octanol–water partition coefficient (Wildman–Crippen LogP) is 3.56. The van der Waals surface area contributed by atoms with E-state index in [-0.39, 0.29) is 11.4 Å². The molecule has 16 heavy (non-hydrogen) atoms. The van der Waals surface area contributed by atoms with Crippen molar-refractivity contribution in [3.8, 4) is 0 Å². The number of carbonyl (C=O) groups excluding carboxylic acids is 1. The van der Waals surface area contributed by atoms with Crippen molar-refractivity contribution in [1.82, 2.24) is 0 Å². The largest absolute Gasteiger partial charge is 0.468 e. The summed E-state index contributed by atoms with van der Waals surface area (Å²) in [5, 5.41) is -0.620. The first-order chi connectivity index (χ1) is 7.45. The molecule has 0 bridgehead atoms. The van der Waals surface area contributed by atoms with Crippen molar-refractivity contribution in [1.29, 1.82) is 0 Å². The van der Waals surface area contributed by atoms with Crippen LogP contribution in [-0.4, -0.2) is 18.5 Å². The van der Waals surface area contributed by atoms with Crippen LogP contribution in [0.2, 0.25) is 5.02 Å². The van der Waals surface area contributed by atoms with Gasteiger partial charge in [-0.15, -0.1) is 11.6 Å². The molecule has 0 heterocycles. The highest BCUT2D eigenvalue weighted by Gasteiger charge is 2.19. The summed E-state index contributed by atoms with van der Waals surface area (Å²) in [4.78, 5) is 11.1. The maximum absolute atomic E-state index is 12.9. The van der Waals surface area contributed by atoms with Crippen LogP contribution in [0.3, 0.4) is 0 Å². The molecule has 0 aromatic heterocycles. The van der Waals surface area contributed by atoms with Gasteiger partial charge in [0.05, 0.1) is 7.11 Å². The predicted molar refractivity (Wildman–Crippen MR) is 64.5 cm³/mol. The van der Waals surface area contributed by atoms with Crippen LogP contribution in [-0.2, 0) is 16.0 Å². The number of esters is 1. The quantitative estimate of drug-likeness (QED) is 0.626. The molecule has 0 aliphatic carbocycles. The smallest absolute Gasteiger partial charge is 0.324 e. The fourth-order valence-corrected chi connectivity index (χ4v) is 2.39. The van der Waals surface area contributed by atoms with Crippen LogP contribution >= 0.6 is 39.1 Å². The fraction of sp³-hybridized carbons (Fsp3) is 0.300. The molecule has 1 aromatic carbocycles. The van der Waals surface area contributed by atoms with Crippen LogP contribution in [0.5, 0.6) is 0 Å². The number of benzene rings is 1. The van der Waals surface area contributed by atoms with Crippen LogP contribution in [0, 0.1) is 5.82 Å². The Hall–Kier alpha value is -0.320. The summed E-state index contributed by atoms with van der Waals surface area (Å²) in [6.07, 6.45) is 0.175. The number of rotatable bonds is 3. The van der Waals surface area contributed by atoms with Crippen LogP contribution in [0.4, 0.5) is 4.39 Å². The van der Waals surface area contributed by atoms with E-state index in [0.717, 1.165) is 0 Å². The third kappa shape index (κ3) is 3.34. The number of halogens is 4. The maximum Gasteiger partial charge on any atom is 0.324 e. The molecule has 0 amide bonds. The monoisotopic (exact) mass is 328 g/mol. The molecule has 0 aliphatic heterocycles. The Morgan fingerprint density at radius 3 is 2.75 bits per heavy atom. The molecule has 1 rings (SSSR count). The van der Waals surface area contributed by atoms with Gasteiger partial charge in [-0.1, -0.05) is 27.5 Å². The van der Waals surface area contributed by atoms with Crippen molar-refractivity contribution in [2.24, 2.45) is 0 Å². The van der Waals surface area contributed by atoms with E-state index >= 15 is 0 Å². The van der Waals surface area contributed by atoms with Crippen molar-refractivity contribution in [2.75, 3.05) is 7.11 Å². The summed E-state index contributed by atoms with van der Waals surface area (Å²) in [5.41, 5.74) is 0.577. The molecule has 0 saturated carbocycles. The van der Waals surface area contributed by atoms with Gasteiger partial charge in [-0.3, -0.25) is 4.79 Å². The van der Waals surface area contributed by atoms with Crippen LogP contribution in [0.25, 0.3) is 0 Å². The number of hydrogen-bond acceptors (Lipinski definition) is 2. The molecule has 0 spiro atoms. The van der Waals surface area contributed by atoms with Crippen molar-refractivity contribution in [2.45, 2.75) is 11.8 Å². The van der Waals surface area contributed by atoms with E-state index in [1.54, 1.807) is 0 Å². The second-order valence-corrected chi connectivity index (χ2v) is 4.83. The van der Waals surface area contributed by atoms with Crippen molar-refractivity contribution < 1.29 is 13.9 Å². The Morgan fingerprint density at radius 1 is 1.62 bits per heavy atom.